The van der Waals surface area contributed by atoms with Crippen molar-refractivity contribution in [3.63, 3.8) is 0 Å². The summed E-state index contributed by atoms with van der Waals surface area (Å²) in [6.07, 6.45) is 1.10. The third-order valence-corrected chi connectivity index (χ3v) is 4.08. The zero-order chi connectivity index (χ0) is 12.0. The number of nitrogens with one attached hydrogen (secondary N) is 1. The van der Waals surface area contributed by atoms with Gasteiger partial charge in [0.05, 0.1) is 11.2 Å². The smallest absolute Gasteiger partial charge is 0.400 e. The van der Waals surface area contributed by atoms with Crippen molar-refractivity contribution in [3.8, 4) is 0 Å². The zero-order valence-electron chi connectivity index (χ0n) is 11.0. The molecule has 0 radical (unpaired) electrons. The quantitative estimate of drug-likeness (QED) is 0.689. The molecule has 2 heterocycles. The first kappa shape index (κ1) is 12.2. The van der Waals surface area contributed by atoms with Gasteiger partial charge in [-0.25, -0.2) is 0 Å². The maximum absolute atomic E-state index is 6.05. The van der Waals surface area contributed by atoms with E-state index in [0.29, 0.717) is 0 Å². The summed E-state index contributed by atoms with van der Waals surface area (Å²) < 4.78 is 12.1. The lowest BCUT2D eigenvalue weighted by molar-refractivity contribution is 0.00578. The van der Waals surface area contributed by atoms with E-state index >= 15 is 0 Å². The molecule has 0 bridgehead atoms. The molecule has 0 aromatic rings. The fraction of sp³-hybridized carbons (Fsp3) is 0.833. The van der Waals surface area contributed by atoms with Gasteiger partial charge in [-0.1, -0.05) is 5.57 Å². The third-order valence-electron chi connectivity index (χ3n) is 4.08. The van der Waals surface area contributed by atoms with Gasteiger partial charge in [0.25, 0.3) is 0 Å². The van der Waals surface area contributed by atoms with Gasteiger partial charge in [-0.3, -0.25) is 0 Å². The minimum atomic E-state index is -0.234. The van der Waals surface area contributed by atoms with E-state index in [0.717, 1.165) is 19.5 Å². The highest BCUT2D eigenvalue weighted by Gasteiger charge is 2.52. The molecule has 1 N–H and O–H groups in total. The second-order valence-corrected chi connectivity index (χ2v) is 5.82. The molecule has 0 aromatic carbocycles. The molecule has 0 unspecified atom stereocenters. The molecule has 0 atom stereocenters. The van der Waals surface area contributed by atoms with Crippen LogP contribution in [0.15, 0.2) is 11.0 Å². The summed E-state index contributed by atoms with van der Waals surface area (Å²) in [5.41, 5.74) is 2.23. The molecule has 16 heavy (non-hydrogen) atoms. The van der Waals surface area contributed by atoms with E-state index in [1.54, 1.807) is 0 Å². The Morgan fingerprint density at radius 2 is 1.69 bits per heavy atom. The van der Waals surface area contributed by atoms with Crippen LogP contribution < -0.4 is 5.32 Å². The molecule has 0 aromatic heterocycles. The lowest BCUT2D eigenvalue weighted by Crippen LogP contribution is -2.41. The SMILES string of the molecule is CC1=C(B2OC(C)(C)C(C)(C)O2)CNCC1. The predicted octanol–water partition coefficient (Wildman–Crippen LogP) is 1.93. The largest absolute Gasteiger partial charge is 0.491 e. The molecule has 2 aliphatic rings. The van der Waals surface area contributed by atoms with Crippen LogP contribution in [0.25, 0.3) is 0 Å². The maximum atomic E-state index is 6.05. The monoisotopic (exact) mass is 223 g/mol. The first-order valence-electron chi connectivity index (χ1n) is 6.08. The van der Waals surface area contributed by atoms with Crippen LogP contribution in [-0.2, 0) is 9.31 Å². The highest BCUT2D eigenvalue weighted by atomic mass is 16.7. The summed E-state index contributed by atoms with van der Waals surface area (Å²) in [6, 6.07) is 0. The third kappa shape index (κ3) is 1.94. The van der Waals surface area contributed by atoms with Gasteiger partial charge < -0.3 is 14.6 Å². The average Bonchev–Trinajstić information content (AvgIpc) is 2.36. The van der Waals surface area contributed by atoms with Crippen molar-refractivity contribution < 1.29 is 9.31 Å². The Balaban J connectivity index is 2.20. The Morgan fingerprint density at radius 3 is 2.19 bits per heavy atom. The van der Waals surface area contributed by atoms with Crippen molar-refractivity contribution in [1.82, 2.24) is 5.32 Å². The van der Waals surface area contributed by atoms with E-state index in [4.69, 9.17) is 9.31 Å². The van der Waals surface area contributed by atoms with E-state index in [1.807, 2.05) is 0 Å². The van der Waals surface area contributed by atoms with Crippen molar-refractivity contribution in [1.29, 1.82) is 0 Å². The molecule has 2 aliphatic heterocycles. The Hall–Kier alpha value is -0.315. The average molecular weight is 223 g/mol. The van der Waals surface area contributed by atoms with Crippen molar-refractivity contribution in [2.45, 2.75) is 52.2 Å². The standard InChI is InChI=1S/C12H22BNO2/c1-9-6-7-14-8-10(9)13-15-11(2,3)12(4,5)16-13/h14H,6-8H2,1-5H3. The van der Waals surface area contributed by atoms with Gasteiger partial charge in [-0.05, 0) is 53.1 Å². The van der Waals surface area contributed by atoms with Gasteiger partial charge in [0.1, 0.15) is 0 Å². The van der Waals surface area contributed by atoms with Gasteiger partial charge in [0, 0.05) is 6.54 Å². The van der Waals surface area contributed by atoms with Crippen molar-refractivity contribution >= 4 is 7.12 Å². The molecule has 90 valence electrons. The lowest BCUT2D eigenvalue weighted by atomic mass is 9.73. The van der Waals surface area contributed by atoms with Crippen LogP contribution >= 0.6 is 0 Å². The van der Waals surface area contributed by atoms with Crippen LogP contribution in [0.2, 0.25) is 0 Å². The van der Waals surface area contributed by atoms with Gasteiger partial charge in [0.15, 0.2) is 0 Å². The molecule has 0 aliphatic carbocycles. The van der Waals surface area contributed by atoms with Crippen LogP contribution in [0.1, 0.15) is 41.0 Å². The second-order valence-electron chi connectivity index (χ2n) is 5.82. The molecule has 0 saturated carbocycles. The van der Waals surface area contributed by atoms with Gasteiger partial charge >= 0.3 is 7.12 Å². The highest BCUT2D eigenvalue weighted by Crippen LogP contribution is 2.39. The van der Waals surface area contributed by atoms with E-state index in [-0.39, 0.29) is 18.3 Å². The van der Waals surface area contributed by atoms with E-state index < -0.39 is 0 Å². The molecular formula is C12H22BNO2. The first-order chi connectivity index (χ1) is 7.33. The van der Waals surface area contributed by atoms with Gasteiger partial charge in [0.2, 0.25) is 0 Å². The second kappa shape index (κ2) is 3.86. The van der Waals surface area contributed by atoms with Crippen LogP contribution in [0.4, 0.5) is 0 Å². The van der Waals surface area contributed by atoms with Crippen LogP contribution in [0.5, 0.6) is 0 Å². The first-order valence-corrected chi connectivity index (χ1v) is 6.08. The Morgan fingerprint density at radius 1 is 1.12 bits per heavy atom. The molecule has 1 saturated heterocycles. The Labute approximate surface area is 98.7 Å². The topological polar surface area (TPSA) is 30.5 Å². The Kier molecular flexibility index (Phi) is 2.93. The van der Waals surface area contributed by atoms with Gasteiger partial charge in [-0.15, -0.1) is 0 Å². The Bertz CT molecular complexity index is 307. The van der Waals surface area contributed by atoms with Crippen molar-refractivity contribution in [3.05, 3.63) is 11.0 Å². The summed E-state index contributed by atoms with van der Waals surface area (Å²) in [5.74, 6) is 0. The zero-order valence-corrected chi connectivity index (χ0v) is 11.0. The summed E-state index contributed by atoms with van der Waals surface area (Å²) in [6.45, 7) is 12.5. The van der Waals surface area contributed by atoms with Crippen molar-refractivity contribution in [2.24, 2.45) is 0 Å². The minimum Gasteiger partial charge on any atom is -0.400 e. The molecule has 2 rings (SSSR count). The molecule has 3 nitrogen and oxygen atoms in total. The number of rotatable bonds is 1. The van der Waals surface area contributed by atoms with Crippen LogP contribution in [0.3, 0.4) is 0 Å². The molecule has 4 heteroatoms. The summed E-state index contributed by atoms with van der Waals surface area (Å²) in [7, 11) is -0.169. The molecule has 1 fully saturated rings. The van der Waals surface area contributed by atoms with Gasteiger partial charge in [-0.2, -0.15) is 0 Å². The van der Waals surface area contributed by atoms with E-state index in [2.05, 4.69) is 39.9 Å². The predicted molar refractivity (Wildman–Crippen MR) is 66.3 cm³/mol. The fourth-order valence-corrected chi connectivity index (χ4v) is 2.08. The summed E-state index contributed by atoms with van der Waals surface area (Å²) in [4.78, 5) is 0. The van der Waals surface area contributed by atoms with Crippen LogP contribution in [-0.4, -0.2) is 31.4 Å². The molecular weight excluding hydrogens is 201 g/mol. The minimum absolute atomic E-state index is 0.169. The van der Waals surface area contributed by atoms with Crippen molar-refractivity contribution in [2.75, 3.05) is 13.1 Å². The molecule has 0 spiro atoms. The van der Waals surface area contributed by atoms with Crippen LogP contribution in [0, 0.1) is 0 Å². The summed E-state index contributed by atoms with van der Waals surface area (Å²) in [5, 5.41) is 3.38. The number of hydrogen-bond acceptors (Lipinski definition) is 3. The lowest BCUT2D eigenvalue weighted by Gasteiger charge is -2.32. The van der Waals surface area contributed by atoms with E-state index in [9.17, 15) is 0 Å². The number of hydrogen-bond donors (Lipinski definition) is 1. The highest BCUT2D eigenvalue weighted by molar-refractivity contribution is 6.55. The fourth-order valence-electron chi connectivity index (χ4n) is 2.08. The normalized spacial score (nSPS) is 28.7. The van der Waals surface area contributed by atoms with E-state index in [1.165, 1.54) is 11.0 Å². The summed E-state index contributed by atoms with van der Waals surface area (Å²) >= 11 is 0. The maximum Gasteiger partial charge on any atom is 0.491 e. The molecule has 0 amide bonds.